The van der Waals surface area contributed by atoms with E-state index in [-0.39, 0.29) is 12.8 Å². The average Bonchev–Trinajstić information content (AvgIpc) is 3.53. The van der Waals surface area contributed by atoms with Crippen molar-refractivity contribution in [3.8, 4) is 28.6 Å². The van der Waals surface area contributed by atoms with Gasteiger partial charge in [-0.3, -0.25) is 4.90 Å². The van der Waals surface area contributed by atoms with Crippen molar-refractivity contribution < 1.29 is 23.5 Å². The van der Waals surface area contributed by atoms with Crippen molar-refractivity contribution >= 4 is 11.6 Å². The van der Waals surface area contributed by atoms with E-state index in [1.807, 2.05) is 49.4 Å². The number of rotatable bonds is 7. The fraction of sp³-hybridized carbons (Fsp3) is 0.346. The van der Waals surface area contributed by atoms with Gasteiger partial charge < -0.3 is 24.1 Å². The summed E-state index contributed by atoms with van der Waals surface area (Å²) in [7, 11) is 1.62. The van der Waals surface area contributed by atoms with Crippen molar-refractivity contribution in [2.75, 3.05) is 20.4 Å². The molecule has 1 atom stereocenters. The summed E-state index contributed by atoms with van der Waals surface area (Å²) in [6.45, 7) is 6.99. The number of carbonyl (C=O) groups is 1. The zero-order valence-corrected chi connectivity index (χ0v) is 20.2. The van der Waals surface area contributed by atoms with Gasteiger partial charge in [0.1, 0.15) is 5.75 Å². The number of amides is 2. The largest absolute Gasteiger partial charge is 0.497 e. The fourth-order valence-corrected chi connectivity index (χ4v) is 4.25. The van der Waals surface area contributed by atoms with E-state index in [0.29, 0.717) is 35.7 Å². The molecule has 5 rings (SSSR count). The van der Waals surface area contributed by atoms with Crippen LogP contribution >= 0.6 is 0 Å². The number of carbonyl (C=O) groups excluding carboxylic acids is 1. The van der Waals surface area contributed by atoms with Crippen LogP contribution in [0.4, 0.5) is 4.79 Å². The highest BCUT2D eigenvalue weighted by Gasteiger charge is 2.35. The lowest BCUT2D eigenvalue weighted by Gasteiger charge is -2.35. The minimum atomic E-state index is -0.450. The third-order valence-electron chi connectivity index (χ3n) is 6.26. The van der Waals surface area contributed by atoms with Crippen LogP contribution < -0.4 is 19.5 Å². The predicted molar refractivity (Wildman–Crippen MR) is 129 cm³/mol. The third-order valence-corrected chi connectivity index (χ3v) is 6.26. The molecule has 2 aromatic carbocycles. The second-order valence-electron chi connectivity index (χ2n) is 8.98. The smallest absolute Gasteiger partial charge is 0.322 e. The summed E-state index contributed by atoms with van der Waals surface area (Å²) in [4.78, 5) is 19.6. The van der Waals surface area contributed by atoms with Gasteiger partial charge in [0.2, 0.25) is 12.6 Å². The summed E-state index contributed by atoms with van der Waals surface area (Å²) in [5.74, 6) is 3.30. The Morgan fingerprint density at radius 1 is 1.14 bits per heavy atom. The molecule has 0 radical (unpaired) electrons. The number of urea groups is 1. The highest BCUT2D eigenvalue weighted by atomic mass is 16.7. The maximum Gasteiger partial charge on any atom is 0.322 e. The predicted octanol–water partition coefficient (Wildman–Crippen LogP) is 5.02. The molecule has 0 aliphatic carbocycles. The standard InChI is InChI=1S/C26H28N4O5/c1-15(2)11-12-30-16(3)22(23(27-26(30)31)17-5-8-19(32-4)9-6-17)25-28-24(29-35-25)18-7-10-20-21(13-18)34-14-33-20/h5-10,13,15,23H,11-12,14H2,1-4H3,(H,27,31). The number of hydrogen-bond acceptors (Lipinski definition) is 7. The van der Waals surface area contributed by atoms with Crippen molar-refractivity contribution in [2.24, 2.45) is 5.92 Å². The summed E-state index contributed by atoms with van der Waals surface area (Å²) in [6, 6.07) is 12.5. The molecule has 2 amide bonds. The van der Waals surface area contributed by atoms with Crippen LogP contribution in [0.3, 0.4) is 0 Å². The first-order valence-electron chi connectivity index (χ1n) is 11.6. The molecular weight excluding hydrogens is 448 g/mol. The molecule has 3 heterocycles. The summed E-state index contributed by atoms with van der Waals surface area (Å²) < 4.78 is 21.9. The van der Waals surface area contributed by atoms with Crippen molar-refractivity contribution in [1.82, 2.24) is 20.4 Å². The van der Waals surface area contributed by atoms with Crippen LogP contribution in [0.2, 0.25) is 0 Å². The summed E-state index contributed by atoms with van der Waals surface area (Å²) in [5.41, 5.74) is 3.19. The molecule has 0 saturated carbocycles. The maximum atomic E-state index is 13.1. The van der Waals surface area contributed by atoms with Gasteiger partial charge in [-0.15, -0.1) is 0 Å². The first kappa shape index (κ1) is 22.8. The molecule has 0 saturated heterocycles. The van der Waals surface area contributed by atoms with Crippen molar-refractivity contribution in [3.63, 3.8) is 0 Å². The second-order valence-corrected chi connectivity index (χ2v) is 8.98. The first-order chi connectivity index (χ1) is 16.9. The van der Waals surface area contributed by atoms with Gasteiger partial charge in [-0.25, -0.2) is 4.79 Å². The lowest BCUT2D eigenvalue weighted by atomic mass is 9.94. The number of fused-ring (bicyclic) bond motifs is 1. The summed E-state index contributed by atoms with van der Waals surface area (Å²) in [6.07, 6.45) is 0.873. The maximum absolute atomic E-state index is 13.1. The Labute approximate surface area is 203 Å². The van der Waals surface area contributed by atoms with E-state index >= 15 is 0 Å². The van der Waals surface area contributed by atoms with Gasteiger partial charge in [0, 0.05) is 17.8 Å². The van der Waals surface area contributed by atoms with Crippen LogP contribution in [0, 0.1) is 5.92 Å². The summed E-state index contributed by atoms with van der Waals surface area (Å²) in [5, 5.41) is 7.36. The molecule has 2 aliphatic heterocycles. The molecule has 0 spiro atoms. The number of benzene rings is 2. The highest BCUT2D eigenvalue weighted by Crippen LogP contribution is 2.39. The van der Waals surface area contributed by atoms with Crippen molar-refractivity contribution in [3.05, 3.63) is 59.6 Å². The topological polar surface area (TPSA) is 99.0 Å². The van der Waals surface area contributed by atoms with E-state index in [1.54, 1.807) is 12.0 Å². The lowest BCUT2D eigenvalue weighted by molar-refractivity contribution is 0.174. The van der Waals surface area contributed by atoms with Crippen LogP contribution in [-0.4, -0.2) is 41.5 Å². The van der Waals surface area contributed by atoms with E-state index in [0.717, 1.165) is 34.6 Å². The van der Waals surface area contributed by atoms with Gasteiger partial charge in [0.15, 0.2) is 11.5 Å². The van der Waals surface area contributed by atoms with Gasteiger partial charge in [0.25, 0.3) is 5.89 Å². The van der Waals surface area contributed by atoms with Crippen LogP contribution in [0.1, 0.15) is 44.7 Å². The molecule has 9 heteroatoms. The Morgan fingerprint density at radius 3 is 2.66 bits per heavy atom. The van der Waals surface area contributed by atoms with Gasteiger partial charge in [0.05, 0.1) is 18.7 Å². The highest BCUT2D eigenvalue weighted by molar-refractivity contribution is 5.87. The van der Waals surface area contributed by atoms with Crippen molar-refractivity contribution in [1.29, 1.82) is 0 Å². The van der Waals surface area contributed by atoms with E-state index < -0.39 is 6.04 Å². The monoisotopic (exact) mass is 476 g/mol. The van der Waals surface area contributed by atoms with E-state index in [4.69, 9.17) is 23.7 Å². The Morgan fingerprint density at radius 2 is 1.91 bits per heavy atom. The van der Waals surface area contributed by atoms with E-state index in [1.165, 1.54) is 0 Å². The number of hydrogen-bond donors (Lipinski definition) is 1. The molecule has 2 aliphatic rings. The SMILES string of the molecule is COc1ccc(C2NC(=O)N(CCC(C)C)C(C)=C2c2nc(-c3ccc4c(c3)OCO4)no2)cc1. The zero-order valence-electron chi connectivity index (χ0n) is 20.2. The Hall–Kier alpha value is -4.01. The first-order valence-corrected chi connectivity index (χ1v) is 11.6. The average molecular weight is 477 g/mol. The number of nitrogens with zero attached hydrogens (tertiary/aromatic N) is 3. The molecular formula is C26H28N4O5. The Kier molecular flexibility index (Phi) is 6.07. The lowest BCUT2D eigenvalue weighted by Crippen LogP contribution is -2.46. The molecule has 0 fully saturated rings. The third kappa shape index (κ3) is 4.41. The minimum absolute atomic E-state index is 0.150. The Bertz CT molecular complexity index is 1270. The van der Waals surface area contributed by atoms with E-state index in [2.05, 4.69) is 24.3 Å². The second kappa shape index (κ2) is 9.32. The van der Waals surface area contributed by atoms with Gasteiger partial charge >= 0.3 is 6.03 Å². The molecule has 1 N–H and O–H groups in total. The molecule has 3 aromatic rings. The fourth-order valence-electron chi connectivity index (χ4n) is 4.25. The molecule has 0 bridgehead atoms. The van der Waals surface area contributed by atoms with Crippen LogP contribution in [0.5, 0.6) is 17.2 Å². The number of allylic oxidation sites excluding steroid dienone is 1. The Balaban J connectivity index is 1.55. The van der Waals surface area contributed by atoms with Crippen LogP contribution in [0.15, 0.2) is 52.7 Å². The minimum Gasteiger partial charge on any atom is -0.497 e. The molecule has 182 valence electrons. The van der Waals surface area contributed by atoms with Gasteiger partial charge in [-0.2, -0.15) is 4.98 Å². The number of nitrogens with one attached hydrogen (secondary N) is 1. The quantitative estimate of drug-likeness (QED) is 0.511. The molecule has 35 heavy (non-hydrogen) atoms. The van der Waals surface area contributed by atoms with Gasteiger partial charge in [-0.1, -0.05) is 31.1 Å². The molecule has 1 aromatic heterocycles. The van der Waals surface area contributed by atoms with Crippen LogP contribution in [-0.2, 0) is 0 Å². The van der Waals surface area contributed by atoms with Gasteiger partial charge in [-0.05, 0) is 55.2 Å². The van der Waals surface area contributed by atoms with E-state index in [9.17, 15) is 4.79 Å². The number of aromatic nitrogens is 2. The number of ether oxygens (including phenoxy) is 3. The number of methoxy groups -OCH3 is 1. The molecule has 1 unspecified atom stereocenters. The zero-order chi connectivity index (χ0) is 24.5. The summed E-state index contributed by atoms with van der Waals surface area (Å²) >= 11 is 0. The normalized spacial score (nSPS) is 17.2. The molecule has 9 nitrogen and oxygen atoms in total. The van der Waals surface area contributed by atoms with Crippen molar-refractivity contribution in [2.45, 2.75) is 33.2 Å². The van der Waals surface area contributed by atoms with Crippen LogP contribution in [0.25, 0.3) is 17.0 Å².